The lowest BCUT2D eigenvalue weighted by atomic mass is 10.1. The molecule has 0 aliphatic heterocycles. The number of benzene rings is 2. The number of hydrogen-bond donors (Lipinski definition) is 1. The van der Waals surface area contributed by atoms with Crippen LogP contribution in [0.4, 0.5) is 11.4 Å². The molecule has 1 N–H and O–H groups in total. The molecule has 0 saturated carbocycles. The van der Waals surface area contributed by atoms with Gasteiger partial charge < -0.3 is 9.88 Å². The lowest BCUT2D eigenvalue weighted by Gasteiger charge is -2.18. The van der Waals surface area contributed by atoms with Crippen LogP contribution in [0.3, 0.4) is 0 Å². The number of fused-ring (bicyclic) bond motifs is 1. The Morgan fingerprint density at radius 1 is 1.08 bits per heavy atom. The number of nitro groups is 1. The van der Waals surface area contributed by atoms with Crippen LogP contribution in [-0.4, -0.2) is 9.49 Å². The van der Waals surface area contributed by atoms with E-state index < -0.39 is 16.2 Å². The summed E-state index contributed by atoms with van der Waals surface area (Å²) >= 11 is 0. The second kappa shape index (κ2) is 6.16. The molecule has 122 valence electrons. The largest absolute Gasteiger partial charge is 0.372 e. The molecule has 3 rings (SSSR count). The minimum atomic E-state index is -0.624. The van der Waals surface area contributed by atoms with Crippen LogP contribution >= 0.6 is 0 Å². The molecule has 24 heavy (non-hydrogen) atoms. The fraction of sp³-hybridized carbons (Fsp3) is 0.167. The molecule has 1 aromatic heterocycles. The zero-order chi connectivity index (χ0) is 17.3. The maximum Gasteiger partial charge on any atom is 0.357 e. The van der Waals surface area contributed by atoms with Gasteiger partial charge in [0.15, 0.2) is 0 Å². The van der Waals surface area contributed by atoms with E-state index in [0.29, 0.717) is 10.9 Å². The molecule has 6 heteroatoms. The van der Waals surface area contributed by atoms with Gasteiger partial charge in [-0.1, -0.05) is 48.5 Å². The van der Waals surface area contributed by atoms with Crippen molar-refractivity contribution in [3.05, 3.63) is 80.6 Å². The first-order valence-corrected chi connectivity index (χ1v) is 7.58. The van der Waals surface area contributed by atoms with Crippen LogP contribution in [0, 0.1) is 10.1 Å². The topological polar surface area (TPSA) is 77.2 Å². The summed E-state index contributed by atoms with van der Waals surface area (Å²) in [7, 11) is 1.54. The van der Waals surface area contributed by atoms with Crippen LogP contribution in [0.1, 0.15) is 18.5 Å². The van der Waals surface area contributed by atoms with E-state index in [2.05, 4.69) is 5.32 Å². The Morgan fingerprint density at radius 2 is 1.71 bits per heavy atom. The van der Waals surface area contributed by atoms with Crippen molar-refractivity contribution in [2.75, 3.05) is 5.32 Å². The van der Waals surface area contributed by atoms with Crippen LogP contribution in [0.2, 0.25) is 0 Å². The number of pyridine rings is 1. The quantitative estimate of drug-likeness (QED) is 0.587. The minimum absolute atomic E-state index is 0.180. The third kappa shape index (κ3) is 2.62. The van der Waals surface area contributed by atoms with Gasteiger partial charge in [0.25, 0.3) is 0 Å². The Kier molecular flexibility index (Phi) is 4.04. The number of aromatic nitrogens is 1. The van der Waals surface area contributed by atoms with Crippen molar-refractivity contribution in [3.63, 3.8) is 0 Å². The Hall–Kier alpha value is -3.15. The Labute approximate surface area is 138 Å². The molecule has 0 spiro atoms. The van der Waals surface area contributed by atoms with E-state index in [4.69, 9.17) is 0 Å². The number of aryl methyl sites for hydroxylation is 1. The molecule has 1 unspecified atom stereocenters. The summed E-state index contributed by atoms with van der Waals surface area (Å²) in [5, 5.41) is 15.3. The van der Waals surface area contributed by atoms with Gasteiger partial charge in [0.1, 0.15) is 5.69 Å². The normalized spacial score (nSPS) is 12.1. The average molecular weight is 323 g/mol. The van der Waals surface area contributed by atoms with E-state index in [0.717, 1.165) is 5.56 Å². The molecule has 0 fully saturated rings. The van der Waals surface area contributed by atoms with Crippen LogP contribution in [0.25, 0.3) is 10.9 Å². The number of rotatable bonds is 4. The van der Waals surface area contributed by atoms with Gasteiger partial charge in [0.05, 0.1) is 10.4 Å². The van der Waals surface area contributed by atoms with Crippen molar-refractivity contribution in [1.82, 2.24) is 4.57 Å². The molecule has 0 amide bonds. The van der Waals surface area contributed by atoms with E-state index in [1.807, 2.05) is 37.3 Å². The van der Waals surface area contributed by atoms with Crippen molar-refractivity contribution in [2.24, 2.45) is 7.05 Å². The molecule has 1 heterocycles. The number of nitrogens with one attached hydrogen (secondary N) is 1. The van der Waals surface area contributed by atoms with Gasteiger partial charge in [-0.3, -0.25) is 14.9 Å². The second-order valence-corrected chi connectivity index (χ2v) is 5.64. The summed E-state index contributed by atoms with van der Waals surface area (Å²) < 4.78 is 1.31. The van der Waals surface area contributed by atoms with Gasteiger partial charge in [-0.05, 0) is 18.6 Å². The Morgan fingerprint density at radius 3 is 2.38 bits per heavy atom. The molecule has 0 bridgehead atoms. The average Bonchev–Trinajstić information content (AvgIpc) is 2.60. The predicted octanol–water partition coefficient (Wildman–Crippen LogP) is 3.62. The maximum atomic E-state index is 12.4. The third-order valence-corrected chi connectivity index (χ3v) is 4.12. The first-order chi connectivity index (χ1) is 11.5. The van der Waals surface area contributed by atoms with Crippen molar-refractivity contribution >= 4 is 22.3 Å². The molecule has 0 aliphatic carbocycles. The number of para-hydroxylation sites is 1. The summed E-state index contributed by atoms with van der Waals surface area (Å²) in [6, 6.07) is 16.6. The summed E-state index contributed by atoms with van der Waals surface area (Å²) in [5.74, 6) is 0. The minimum Gasteiger partial charge on any atom is -0.372 e. The van der Waals surface area contributed by atoms with Gasteiger partial charge in [-0.15, -0.1) is 0 Å². The predicted molar refractivity (Wildman–Crippen MR) is 94.3 cm³/mol. The van der Waals surface area contributed by atoms with Crippen LogP contribution in [0.15, 0.2) is 59.4 Å². The van der Waals surface area contributed by atoms with Gasteiger partial charge in [-0.25, -0.2) is 0 Å². The first-order valence-electron chi connectivity index (χ1n) is 7.58. The standard InChI is InChI=1S/C18H17N3O3/c1-12(13-8-4-3-5-9-13)19-16-14-10-6-7-11-15(14)20(2)18(22)17(16)21(23)24/h3-12,19H,1-2H3. The van der Waals surface area contributed by atoms with E-state index in [-0.39, 0.29) is 11.7 Å². The fourth-order valence-electron chi connectivity index (χ4n) is 2.84. The van der Waals surface area contributed by atoms with E-state index in [1.165, 1.54) is 4.57 Å². The Balaban J connectivity index is 2.22. The van der Waals surface area contributed by atoms with Crippen LogP contribution in [0.5, 0.6) is 0 Å². The number of anilines is 1. The van der Waals surface area contributed by atoms with Gasteiger partial charge >= 0.3 is 11.2 Å². The SMILES string of the molecule is CC(Nc1c([N+](=O)[O-])c(=O)n(C)c2ccccc12)c1ccccc1. The highest BCUT2D eigenvalue weighted by atomic mass is 16.6. The molecular weight excluding hydrogens is 306 g/mol. The summed E-state index contributed by atoms with van der Waals surface area (Å²) in [4.78, 5) is 23.3. The molecular formula is C18H17N3O3. The molecule has 0 radical (unpaired) electrons. The smallest absolute Gasteiger partial charge is 0.357 e. The highest BCUT2D eigenvalue weighted by Crippen LogP contribution is 2.32. The lowest BCUT2D eigenvalue weighted by Crippen LogP contribution is -2.23. The van der Waals surface area contributed by atoms with Crippen LogP contribution < -0.4 is 10.9 Å². The number of hydrogen-bond acceptors (Lipinski definition) is 4. The van der Waals surface area contributed by atoms with Crippen molar-refractivity contribution in [2.45, 2.75) is 13.0 Å². The van der Waals surface area contributed by atoms with Crippen molar-refractivity contribution in [3.8, 4) is 0 Å². The molecule has 3 aromatic rings. The number of nitrogens with zero attached hydrogens (tertiary/aromatic N) is 2. The monoisotopic (exact) mass is 323 g/mol. The van der Waals surface area contributed by atoms with Gasteiger partial charge in [-0.2, -0.15) is 0 Å². The first kappa shape index (κ1) is 15.7. The van der Waals surface area contributed by atoms with Crippen molar-refractivity contribution in [1.29, 1.82) is 0 Å². The highest BCUT2D eigenvalue weighted by molar-refractivity contribution is 5.96. The third-order valence-electron chi connectivity index (χ3n) is 4.12. The highest BCUT2D eigenvalue weighted by Gasteiger charge is 2.25. The molecule has 0 saturated heterocycles. The molecule has 2 aromatic carbocycles. The zero-order valence-corrected chi connectivity index (χ0v) is 13.4. The maximum absolute atomic E-state index is 12.4. The summed E-state index contributed by atoms with van der Waals surface area (Å²) in [6.45, 7) is 1.91. The molecule has 0 aliphatic rings. The zero-order valence-electron chi connectivity index (χ0n) is 13.4. The lowest BCUT2D eigenvalue weighted by molar-refractivity contribution is -0.385. The van der Waals surface area contributed by atoms with Gasteiger partial charge in [0, 0.05) is 18.5 Å². The van der Waals surface area contributed by atoms with E-state index in [1.54, 1.807) is 31.3 Å². The van der Waals surface area contributed by atoms with E-state index >= 15 is 0 Å². The molecule has 6 nitrogen and oxygen atoms in total. The Bertz CT molecular complexity index is 964. The van der Waals surface area contributed by atoms with Gasteiger partial charge in [0.2, 0.25) is 0 Å². The summed E-state index contributed by atoms with van der Waals surface area (Å²) in [6.07, 6.45) is 0. The fourth-order valence-corrected chi connectivity index (χ4v) is 2.84. The van der Waals surface area contributed by atoms with Crippen LogP contribution in [-0.2, 0) is 7.05 Å². The summed E-state index contributed by atoms with van der Waals surface area (Å²) in [5.41, 5.74) is 0.836. The second-order valence-electron chi connectivity index (χ2n) is 5.64. The van der Waals surface area contributed by atoms with Crippen molar-refractivity contribution < 1.29 is 4.92 Å². The van der Waals surface area contributed by atoms with E-state index in [9.17, 15) is 14.9 Å². The molecule has 1 atom stereocenters.